The maximum absolute atomic E-state index is 4.26. The predicted octanol–water partition coefficient (Wildman–Crippen LogP) is 3.91. The molecule has 4 nitrogen and oxygen atoms in total. The summed E-state index contributed by atoms with van der Waals surface area (Å²) in [7, 11) is 1.85. The molecule has 5 heteroatoms. The van der Waals surface area contributed by atoms with Gasteiger partial charge >= 0.3 is 0 Å². The molecular formula is C13H23BrN4. The van der Waals surface area contributed by atoms with E-state index in [2.05, 4.69) is 50.4 Å². The van der Waals surface area contributed by atoms with Gasteiger partial charge in [-0.2, -0.15) is 0 Å². The molecule has 0 amide bonds. The average Bonchev–Trinajstić information content (AvgIpc) is 2.40. The standard InChI is InChI=1S/C13H23BrN4/c1-4-6-7-10(5-2)8-16-13-11(14)12(15-3)17-9-18-13/h9-10H,4-8H2,1-3H3,(H2,15,16,17,18). The number of rotatable bonds is 8. The van der Waals surface area contributed by atoms with Gasteiger partial charge in [0.2, 0.25) is 0 Å². The summed E-state index contributed by atoms with van der Waals surface area (Å²) in [6.45, 7) is 5.45. The fraction of sp³-hybridized carbons (Fsp3) is 0.692. The van der Waals surface area contributed by atoms with Gasteiger partial charge in [0, 0.05) is 13.6 Å². The van der Waals surface area contributed by atoms with Gasteiger partial charge in [0.05, 0.1) is 0 Å². The lowest BCUT2D eigenvalue weighted by molar-refractivity contribution is 0.472. The summed E-state index contributed by atoms with van der Waals surface area (Å²) in [5.41, 5.74) is 0. The van der Waals surface area contributed by atoms with Gasteiger partial charge in [-0.25, -0.2) is 9.97 Å². The highest BCUT2D eigenvalue weighted by Crippen LogP contribution is 2.26. The molecule has 0 spiro atoms. The van der Waals surface area contributed by atoms with Crippen LogP contribution in [0, 0.1) is 5.92 Å². The topological polar surface area (TPSA) is 49.8 Å². The molecular weight excluding hydrogens is 292 g/mol. The number of hydrogen-bond donors (Lipinski definition) is 2. The van der Waals surface area contributed by atoms with Crippen molar-refractivity contribution in [2.45, 2.75) is 39.5 Å². The highest BCUT2D eigenvalue weighted by molar-refractivity contribution is 9.10. The van der Waals surface area contributed by atoms with Crippen molar-refractivity contribution >= 4 is 27.6 Å². The average molecular weight is 315 g/mol. The van der Waals surface area contributed by atoms with Gasteiger partial charge in [-0.1, -0.05) is 33.1 Å². The Labute approximate surface area is 118 Å². The van der Waals surface area contributed by atoms with E-state index in [1.54, 1.807) is 6.33 Å². The highest BCUT2D eigenvalue weighted by Gasteiger charge is 2.10. The first-order chi connectivity index (χ1) is 8.72. The van der Waals surface area contributed by atoms with Crippen LogP contribution in [0.25, 0.3) is 0 Å². The second-order valence-electron chi connectivity index (χ2n) is 4.43. The zero-order valence-electron chi connectivity index (χ0n) is 11.5. The number of hydrogen-bond acceptors (Lipinski definition) is 4. The first kappa shape index (κ1) is 15.2. The summed E-state index contributed by atoms with van der Waals surface area (Å²) in [5, 5.41) is 6.44. The van der Waals surface area contributed by atoms with Gasteiger partial charge in [-0.15, -0.1) is 0 Å². The lowest BCUT2D eigenvalue weighted by Gasteiger charge is -2.16. The van der Waals surface area contributed by atoms with Crippen molar-refractivity contribution < 1.29 is 0 Å². The van der Waals surface area contributed by atoms with Gasteiger partial charge < -0.3 is 10.6 Å². The van der Waals surface area contributed by atoms with E-state index in [0.29, 0.717) is 5.92 Å². The van der Waals surface area contributed by atoms with Crippen LogP contribution in [0.5, 0.6) is 0 Å². The summed E-state index contributed by atoms with van der Waals surface area (Å²) in [5.74, 6) is 2.39. The third-order valence-corrected chi connectivity index (χ3v) is 3.88. The van der Waals surface area contributed by atoms with E-state index in [1.165, 1.54) is 25.7 Å². The molecule has 1 atom stereocenters. The number of unbranched alkanes of at least 4 members (excludes halogenated alkanes) is 1. The van der Waals surface area contributed by atoms with Crippen LogP contribution in [0.3, 0.4) is 0 Å². The highest BCUT2D eigenvalue weighted by atomic mass is 79.9. The molecule has 1 unspecified atom stereocenters. The quantitative estimate of drug-likeness (QED) is 0.764. The smallest absolute Gasteiger partial charge is 0.145 e. The van der Waals surface area contributed by atoms with Gasteiger partial charge in [-0.05, 0) is 28.3 Å². The molecule has 0 fully saturated rings. The molecule has 18 heavy (non-hydrogen) atoms. The van der Waals surface area contributed by atoms with Crippen molar-refractivity contribution in [2.75, 3.05) is 24.2 Å². The molecule has 0 radical (unpaired) electrons. The van der Waals surface area contributed by atoms with Crippen molar-refractivity contribution in [2.24, 2.45) is 5.92 Å². The molecule has 2 N–H and O–H groups in total. The molecule has 1 rings (SSSR count). The summed E-state index contributed by atoms with van der Waals surface area (Å²) in [4.78, 5) is 8.41. The summed E-state index contributed by atoms with van der Waals surface area (Å²) >= 11 is 3.52. The first-order valence-corrected chi connectivity index (χ1v) is 7.44. The zero-order chi connectivity index (χ0) is 13.4. The Morgan fingerprint density at radius 1 is 1.28 bits per heavy atom. The zero-order valence-corrected chi connectivity index (χ0v) is 13.0. The molecule has 1 heterocycles. The molecule has 0 aliphatic carbocycles. The van der Waals surface area contributed by atoms with E-state index in [4.69, 9.17) is 0 Å². The molecule has 102 valence electrons. The Hall–Kier alpha value is -0.840. The van der Waals surface area contributed by atoms with Crippen LogP contribution in [-0.2, 0) is 0 Å². The minimum absolute atomic E-state index is 0.713. The minimum atomic E-state index is 0.713. The van der Waals surface area contributed by atoms with Crippen LogP contribution in [0.2, 0.25) is 0 Å². The Morgan fingerprint density at radius 2 is 2.00 bits per heavy atom. The second-order valence-corrected chi connectivity index (χ2v) is 5.23. The number of nitrogens with one attached hydrogen (secondary N) is 2. The van der Waals surface area contributed by atoms with Gasteiger partial charge in [0.15, 0.2) is 0 Å². The van der Waals surface area contributed by atoms with Crippen molar-refractivity contribution in [1.29, 1.82) is 0 Å². The van der Waals surface area contributed by atoms with E-state index in [1.807, 2.05) is 7.05 Å². The van der Waals surface area contributed by atoms with Crippen LogP contribution in [0.15, 0.2) is 10.8 Å². The number of anilines is 2. The molecule has 0 saturated carbocycles. The summed E-state index contributed by atoms with van der Waals surface area (Å²) in [6.07, 6.45) is 6.62. The fourth-order valence-electron chi connectivity index (χ4n) is 1.85. The Morgan fingerprint density at radius 3 is 2.61 bits per heavy atom. The second kappa shape index (κ2) is 8.29. The van der Waals surface area contributed by atoms with Gasteiger partial charge in [0.1, 0.15) is 22.4 Å². The van der Waals surface area contributed by atoms with Crippen molar-refractivity contribution in [3.05, 3.63) is 10.8 Å². The SMILES string of the molecule is CCCCC(CC)CNc1ncnc(NC)c1Br. The summed E-state index contributed by atoms with van der Waals surface area (Å²) in [6, 6.07) is 0. The molecule has 0 aromatic carbocycles. The minimum Gasteiger partial charge on any atom is -0.372 e. The predicted molar refractivity (Wildman–Crippen MR) is 81.1 cm³/mol. The van der Waals surface area contributed by atoms with Crippen LogP contribution in [-0.4, -0.2) is 23.6 Å². The lowest BCUT2D eigenvalue weighted by Crippen LogP contribution is -2.15. The number of nitrogens with zero attached hydrogens (tertiary/aromatic N) is 2. The number of aromatic nitrogens is 2. The fourth-order valence-corrected chi connectivity index (χ4v) is 2.39. The molecule has 0 aliphatic heterocycles. The van der Waals surface area contributed by atoms with Crippen molar-refractivity contribution in [1.82, 2.24) is 9.97 Å². The van der Waals surface area contributed by atoms with Crippen LogP contribution < -0.4 is 10.6 Å². The van der Waals surface area contributed by atoms with Crippen LogP contribution in [0.4, 0.5) is 11.6 Å². The number of halogens is 1. The maximum Gasteiger partial charge on any atom is 0.145 e. The Bertz CT molecular complexity index is 357. The van der Waals surface area contributed by atoms with E-state index in [0.717, 1.165) is 22.7 Å². The maximum atomic E-state index is 4.26. The van der Waals surface area contributed by atoms with Gasteiger partial charge in [0.25, 0.3) is 0 Å². The molecule has 1 aromatic rings. The monoisotopic (exact) mass is 314 g/mol. The van der Waals surface area contributed by atoms with Crippen molar-refractivity contribution in [3.8, 4) is 0 Å². The Kier molecular flexibility index (Phi) is 7.01. The third-order valence-electron chi connectivity index (χ3n) is 3.13. The van der Waals surface area contributed by atoms with E-state index < -0.39 is 0 Å². The van der Waals surface area contributed by atoms with Crippen LogP contribution in [0.1, 0.15) is 39.5 Å². The molecule has 1 aromatic heterocycles. The lowest BCUT2D eigenvalue weighted by atomic mass is 9.99. The largest absolute Gasteiger partial charge is 0.372 e. The van der Waals surface area contributed by atoms with E-state index in [-0.39, 0.29) is 0 Å². The third kappa shape index (κ3) is 4.44. The summed E-state index contributed by atoms with van der Waals surface area (Å²) < 4.78 is 0.901. The van der Waals surface area contributed by atoms with Gasteiger partial charge in [-0.3, -0.25) is 0 Å². The first-order valence-electron chi connectivity index (χ1n) is 6.65. The normalized spacial score (nSPS) is 12.2. The molecule has 0 saturated heterocycles. The van der Waals surface area contributed by atoms with E-state index >= 15 is 0 Å². The Balaban J connectivity index is 2.56. The molecule has 0 aliphatic rings. The van der Waals surface area contributed by atoms with Crippen molar-refractivity contribution in [3.63, 3.8) is 0 Å². The van der Waals surface area contributed by atoms with E-state index in [9.17, 15) is 0 Å². The molecule has 0 bridgehead atoms. The van der Waals surface area contributed by atoms with Crippen LogP contribution >= 0.6 is 15.9 Å².